The lowest BCUT2D eigenvalue weighted by molar-refractivity contribution is -0.119. The number of ether oxygens (including phenoxy) is 1. The highest BCUT2D eigenvalue weighted by molar-refractivity contribution is 5.89. The third kappa shape index (κ3) is 5.69. The molecule has 0 radical (unpaired) electrons. The van der Waals surface area contributed by atoms with Gasteiger partial charge in [0.05, 0.1) is 11.7 Å². The summed E-state index contributed by atoms with van der Waals surface area (Å²) in [5, 5.41) is 0. The molecular formula is C16H22O3. The van der Waals surface area contributed by atoms with Crippen LogP contribution >= 0.6 is 0 Å². The standard InChI is InChI=1S/C16H22O3/c1-11(2)9-15(17)10-13-5-7-14(8-6-13)16(18)19-12(3)4/h5-8,11-12H,9-10H2,1-4H3. The summed E-state index contributed by atoms with van der Waals surface area (Å²) in [5.41, 5.74) is 1.46. The highest BCUT2D eigenvalue weighted by Gasteiger charge is 2.10. The fourth-order valence-corrected chi connectivity index (χ4v) is 1.80. The van der Waals surface area contributed by atoms with Crippen molar-refractivity contribution in [3.8, 4) is 0 Å². The Balaban J connectivity index is 2.61. The molecule has 0 aliphatic heterocycles. The van der Waals surface area contributed by atoms with Crippen molar-refractivity contribution in [2.45, 2.75) is 46.6 Å². The van der Waals surface area contributed by atoms with E-state index in [1.54, 1.807) is 12.1 Å². The molecule has 0 aliphatic rings. The van der Waals surface area contributed by atoms with Gasteiger partial charge in [-0.25, -0.2) is 4.79 Å². The van der Waals surface area contributed by atoms with E-state index in [4.69, 9.17) is 4.74 Å². The third-order valence-electron chi connectivity index (χ3n) is 2.57. The molecule has 3 nitrogen and oxygen atoms in total. The summed E-state index contributed by atoms with van der Waals surface area (Å²) in [4.78, 5) is 23.3. The monoisotopic (exact) mass is 262 g/mol. The van der Waals surface area contributed by atoms with Crippen LogP contribution in [0.15, 0.2) is 24.3 Å². The zero-order valence-corrected chi connectivity index (χ0v) is 12.1. The van der Waals surface area contributed by atoms with E-state index in [1.807, 2.05) is 39.8 Å². The minimum absolute atomic E-state index is 0.125. The van der Waals surface area contributed by atoms with Crippen molar-refractivity contribution >= 4 is 11.8 Å². The first-order valence-corrected chi connectivity index (χ1v) is 6.70. The number of Topliss-reactive ketones (excluding diaryl/α,β-unsaturated/α-hetero) is 1. The quantitative estimate of drug-likeness (QED) is 0.738. The van der Waals surface area contributed by atoms with E-state index in [9.17, 15) is 9.59 Å². The average molecular weight is 262 g/mol. The fraction of sp³-hybridized carbons (Fsp3) is 0.500. The van der Waals surface area contributed by atoms with Crippen LogP contribution in [-0.4, -0.2) is 17.9 Å². The van der Waals surface area contributed by atoms with Gasteiger partial charge in [0.15, 0.2) is 0 Å². The molecule has 19 heavy (non-hydrogen) atoms. The van der Waals surface area contributed by atoms with E-state index in [0.717, 1.165) is 5.56 Å². The summed E-state index contributed by atoms with van der Waals surface area (Å²) in [6.45, 7) is 7.69. The second-order valence-electron chi connectivity index (χ2n) is 5.46. The maximum atomic E-state index is 11.7. The molecule has 0 fully saturated rings. The van der Waals surface area contributed by atoms with Crippen LogP contribution in [0.5, 0.6) is 0 Å². The van der Waals surface area contributed by atoms with Gasteiger partial charge >= 0.3 is 5.97 Å². The first kappa shape index (κ1) is 15.4. The van der Waals surface area contributed by atoms with Gasteiger partial charge in [-0.1, -0.05) is 26.0 Å². The van der Waals surface area contributed by atoms with Crippen LogP contribution in [0.2, 0.25) is 0 Å². The lowest BCUT2D eigenvalue weighted by atomic mass is 10.0. The number of hydrogen-bond donors (Lipinski definition) is 0. The molecule has 0 aromatic heterocycles. The van der Waals surface area contributed by atoms with Gasteiger partial charge in [-0.2, -0.15) is 0 Å². The maximum Gasteiger partial charge on any atom is 0.338 e. The molecule has 0 saturated heterocycles. The van der Waals surface area contributed by atoms with E-state index >= 15 is 0 Å². The Morgan fingerprint density at radius 2 is 1.63 bits per heavy atom. The van der Waals surface area contributed by atoms with Crippen LogP contribution in [0.1, 0.15) is 50.0 Å². The Morgan fingerprint density at radius 1 is 1.05 bits per heavy atom. The predicted molar refractivity (Wildman–Crippen MR) is 75.2 cm³/mol. The minimum Gasteiger partial charge on any atom is -0.459 e. The van der Waals surface area contributed by atoms with Crippen molar-refractivity contribution in [1.82, 2.24) is 0 Å². The Kier molecular flexibility index (Phi) is 5.74. The first-order chi connectivity index (χ1) is 8.88. The summed E-state index contributed by atoms with van der Waals surface area (Å²) in [5.74, 6) is 0.287. The van der Waals surface area contributed by atoms with Crippen molar-refractivity contribution in [3.05, 3.63) is 35.4 Å². The van der Waals surface area contributed by atoms with E-state index in [2.05, 4.69) is 0 Å². The van der Waals surface area contributed by atoms with Crippen molar-refractivity contribution < 1.29 is 14.3 Å². The topological polar surface area (TPSA) is 43.4 Å². The van der Waals surface area contributed by atoms with Crippen LogP contribution in [0.3, 0.4) is 0 Å². The molecule has 1 rings (SSSR count). The van der Waals surface area contributed by atoms with Gasteiger partial charge in [0.1, 0.15) is 5.78 Å². The van der Waals surface area contributed by atoms with Crippen LogP contribution in [0, 0.1) is 5.92 Å². The summed E-state index contributed by atoms with van der Waals surface area (Å²) < 4.78 is 5.10. The number of esters is 1. The van der Waals surface area contributed by atoms with Gasteiger partial charge in [-0.05, 0) is 37.5 Å². The predicted octanol–water partition coefficient (Wildman–Crippen LogP) is 3.41. The lowest BCUT2D eigenvalue weighted by Gasteiger charge is -2.08. The first-order valence-electron chi connectivity index (χ1n) is 6.70. The van der Waals surface area contributed by atoms with Crippen molar-refractivity contribution in [3.63, 3.8) is 0 Å². The highest BCUT2D eigenvalue weighted by atomic mass is 16.5. The van der Waals surface area contributed by atoms with Crippen LogP contribution in [-0.2, 0) is 16.0 Å². The smallest absolute Gasteiger partial charge is 0.338 e. The van der Waals surface area contributed by atoms with Crippen molar-refractivity contribution in [2.75, 3.05) is 0 Å². The fourth-order valence-electron chi connectivity index (χ4n) is 1.80. The largest absolute Gasteiger partial charge is 0.459 e. The molecule has 0 atom stereocenters. The van der Waals surface area contributed by atoms with Gasteiger partial charge in [0.25, 0.3) is 0 Å². The average Bonchev–Trinajstić information content (AvgIpc) is 2.27. The molecule has 0 bridgehead atoms. The SMILES string of the molecule is CC(C)CC(=O)Cc1ccc(C(=O)OC(C)C)cc1. The van der Waals surface area contributed by atoms with E-state index in [1.165, 1.54) is 0 Å². The van der Waals surface area contributed by atoms with E-state index in [-0.39, 0.29) is 17.9 Å². The van der Waals surface area contributed by atoms with Gasteiger partial charge in [-0.3, -0.25) is 4.79 Å². The number of hydrogen-bond acceptors (Lipinski definition) is 3. The third-order valence-corrected chi connectivity index (χ3v) is 2.57. The van der Waals surface area contributed by atoms with Crippen LogP contribution in [0.25, 0.3) is 0 Å². The molecule has 3 heteroatoms. The number of ketones is 1. The van der Waals surface area contributed by atoms with Gasteiger partial charge in [-0.15, -0.1) is 0 Å². The number of rotatable bonds is 6. The minimum atomic E-state index is -0.324. The highest BCUT2D eigenvalue weighted by Crippen LogP contribution is 2.10. The Bertz CT molecular complexity index is 430. The molecule has 0 heterocycles. The Labute approximate surface area is 115 Å². The Morgan fingerprint density at radius 3 is 2.11 bits per heavy atom. The lowest BCUT2D eigenvalue weighted by Crippen LogP contribution is -2.11. The summed E-state index contributed by atoms with van der Waals surface area (Å²) in [6, 6.07) is 7.05. The van der Waals surface area contributed by atoms with Crippen LogP contribution in [0.4, 0.5) is 0 Å². The van der Waals surface area contributed by atoms with Crippen LogP contribution < -0.4 is 0 Å². The van der Waals surface area contributed by atoms with Gasteiger partial charge in [0, 0.05) is 12.8 Å². The second kappa shape index (κ2) is 7.07. The maximum absolute atomic E-state index is 11.7. The Hall–Kier alpha value is -1.64. The summed E-state index contributed by atoms with van der Waals surface area (Å²) in [7, 11) is 0. The molecule has 0 unspecified atom stereocenters. The van der Waals surface area contributed by atoms with Crippen molar-refractivity contribution in [1.29, 1.82) is 0 Å². The normalized spacial score (nSPS) is 10.8. The second-order valence-corrected chi connectivity index (χ2v) is 5.46. The van der Waals surface area contributed by atoms with E-state index < -0.39 is 0 Å². The molecule has 0 spiro atoms. The van der Waals surface area contributed by atoms with E-state index in [0.29, 0.717) is 24.3 Å². The van der Waals surface area contributed by atoms with Crippen molar-refractivity contribution in [2.24, 2.45) is 5.92 Å². The summed E-state index contributed by atoms with van der Waals surface area (Å²) >= 11 is 0. The molecule has 1 aromatic rings. The van der Waals surface area contributed by atoms with Gasteiger partial charge in [0.2, 0.25) is 0 Å². The summed E-state index contributed by atoms with van der Waals surface area (Å²) in [6.07, 6.45) is 0.897. The number of benzene rings is 1. The molecule has 0 N–H and O–H groups in total. The molecule has 1 aromatic carbocycles. The zero-order valence-electron chi connectivity index (χ0n) is 12.1. The molecule has 0 saturated carbocycles. The number of carbonyl (C=O) groups excluding carboxylic acids is 2. The van der Waals surface area contributed by atoms with Gasteiger partial charge < -0.3 is 4.74 Å². The molecule has 0 aliphatic carbocycles. The molecular weight excluding hydrogens is 240 g/mol. The zero-order chi connectivity index (χ0) is 14.4. The molecule has 0 amide bonds. The number of carbonyl (C=O) groups is 2. The molecule has 104 valence electrons.